The summed E-state index contributed by atoms with van der Waals surface area (Å²) in [6, 6.07) is 4.05. The molecule has 5 nitrogen and oxygen atoms in total. The second-order valence-electron chi connectivity index (χ2n) is 4.44. The number of rotatable bonds is 6. The number of halogens is 1. The van der Waals surface area contributed by atoms with E-state index in [0.29, 0.717) is 23.6 Å². The Morgan fingerprint density at radius 3 is 2.90 bits per heavy atom. The number of nitrogens with zero attached hydrogens (tertiary/aromatic N) is 2. The number of aromatic nitrogens is 2. The number of hydrogen-bond acceptors (Lipinski definition) is 4. The topological polar surface area (TPSA) is 72.3 Å². The van der Waals surface area contributed by atoms with Crippen LogP contribution in [0.5, 0.6) is 5.75 Å². The Labute approximate surface area is 121 Å². The third kappa shape index (κ3) is 3.75. The number of benzene rings is 1. The monoisotopic (exact) mass is 290 g/mol. The summed E-state index contributed by atoms with van der Waals surface area (Å²) in [5.74, 6) is -1.26. The summed E-state index contributed by atoms with van der Waals surface area (Å²) < 4.78 is 18.9. The van der Waals surface area contributed by atoms with Gasteiger partial charge in [-0.2, -0.15) is 0 Å². The maximum Gasteiger partial charge on any atom is 0.356 e. The lowest BCUT2D eigenvalue weighted by molar-refractivity contribution is 0.0690. The van der Waals surface area contributed by atoms with Crippen LogP contribution in [-0.2, 0) is 0 Å². The Bertz CT molecular complexity index is 647. The third-order valence-corrected chi connectivity index (χ3v) is 2.83. The van der Waals surface area contributed by atoms with Gasteiger partial charge in [0.1, 0.15) is 11.6 Å². The van der Waals surface area contributed by atoms with Crippen LogP contribution in [0.2, 0.25) is 0 Å². The molecule has 1 heterocycles. The van der Waals surface area contributed by atoms with Crippen molar-refractivity contribution in [1.29, 1.82) is 0 Å². The van der Waals surface area contributed by atoms with Gasteiger partial charge in [-0.05, 0) is 18.6 Å². The zero-order valence-corrected chi connectivity index (χ0v) is 11.5. The first-order valence-corrected chi connectivity index (χ1v) is 6.60. The number of hydrogen-bond donors (Lipinski definition) is 1. The Kier molecular flexibility index (Phi) is 4.81. The fraction of sp³-hybridized carbons (Fsp3) is 0.267. The number of ether oxygens (including phenoxy) is 1. The zero-order valence-electron chi connectivity index (χ0n) is 11.5. The average Bonchev–Trinajstić information content (AvgIpc) is 2.48. The van der Waals surface area contributed by atoms with E-state index < -0.39 is 11.8 Å². The minimum Gasteiger partial charge on any atom is -0.493 e. The van der Waals surface area contributed by atoms with Crippen molar-refractivity contribution in [2.24, 2.45) is 0 Å². The van der Waals surface area contributed by atoms with Crippen molar-refractivity contribution in [3.05, 3.63) is 42.1 Å². The minimum absolute atomic E-state index is 0.170. The van der Waals surface area contributed by atoms with Crippen molar-refractivity contribution in [3.63, 3.8) is 0 Å². The molecule has 0 aliphatic heterocycles. The van der Waals surface area contributed by atoms with Crippen molar-refractivity contribution in [1.82, 2.24) is 9.97 Å². The van der Waals surface area contributed by atoms with E-state index in [2.05, 4.69) is 9.97 Å². The van der Waals surface area contributed by atoms with E-state index in [4.69, 9.17) is 9.84 Å². The smallest absolute Gasteiger partial charge is 0.356 e. The van der Waals surface area contributed by atoms with E-state index in [9.17, 15) is 9.18 Å². The molecule has 0 amide bonds. The second-order valence-corrected chi connectivity index (χ2v) is 4.44. The van der Waals surface area contributed by atoms with Crippen LogP contribution in [0.15, 0.2) is 30.6 Å². The first kappa shape index (κ1) is 14.9. The SMILES string of the molecule is CCCCOc1cc(F)ccc1-c1cncc(C(=O)O)n1. The molecule has 0 saturated carbocycles. The maximum absolute atomic E-state index is 13.4. The molecule has 1 N–H and O–H groups in total. The molecule has 6 heteroatoms. The molecule has 0 spiro atoms. The number of carboxylic acids is 1. The van der Waals surface area contributed by atoms with Gasteiger partial charge in [0.05, 0.1) is 24.7 Å². The van der Waals surface area contributed by atoms with Gasteiger partial charge in [-0.3, -0.25) is 4.98 Å². The molecule has 0 unspecified atom stereocenters. The van der Waals surface area contributed by atoms with Crippen LogP contribution < -0.4 is 4.74 Å². The Hall–Kier alpha value is -2.50. The van der Waals surface area contributed by atoms with Crippen LogP contribution in [-0.4, -0.2) is 27.7 Å². The Morgan fingerprint density at radius 2 is 2.19 bits per heavy atom. The Balaban J connectivity index is 2.38. The lowest BCUT2D eigenvalue weighted by atomic mass is 10.1. The highest BCUT2D eigenvalue weighted by atomic mass is 19.1. The van der Waals surface area contributed by atoms with Gasteiger partial charge >= 0.3 is 5.97 Å². The van der Waals surface area contributed by atoms with E-state index in [1.165, 1.54) is 24.4 Å². The van der Waals surface area contributed by atoms with E-state index in [1.54, 1.807) is 0 Å². The molecule has 0 atom stereocenters. The fourth-order valence-corrected chi connectivity index (χ4v) is 1.75. The molecule has 2 aromatic rings. The third-order valence-electron chi connectivity index (χ3n) is 2.83. The van der Waals surface area contributed by atoms with Crippen LogP contribution in [0.3, 0.4) is 0 Å². The van der Waals surface area contributed by atoms with Crippen LogP contribution in [0.25, 0.3) is 11.3 Å². The second kappa shape index (κ2) is 6.78. The van der Waals surface area contributed by atoms with Gasteiger partial charge in [-0.1, -0.05) is 13.3 Å². The highest BCUT2D eigenvalue weighted by Gasteiger charge is 2.12. The zero-order chi connectivity index (χ0) is 15.2. The van der Waals surface area contributed by atoms with Crippen molar-refractivity contribution in [3.8, 4) is 17.0 Å². The standard InChI is InChI=1S/C15H15FN2O3/c1-2-3-6-21-14-7-10(16)4-5-11(14)12-8-17-9-13(18-12)15(19)20/h4-5,7-9H,2-3,6H2,1H3,(H,19,20). The van der Waals surface area contributed by atoms with E-state index >= 15 is 0 Å². The summed E-state index contributed by atoms with van der Waals surface area (Å²) in [4.78, 5) is 18.8. The quantitative estimate of drug-likeness (QED) is 0.827. The van der Waals surface area contributed by atoms with Crippen molar-refractivity contribution >= 4 is 5.97 Å². The summed E-state index contributed by atoms with van der Waals surface area (Å²) in [5, 5.41) is 8.95. The number of unbranched alkanes of at least 4 members (excludes halogenated alkanes) is 1. The van der Waals surface area contributed by atoms with Gasteiger partial charge < -0.3 is 9.84 Å². The van der Waals surface area contributed by atoms with Gasteiger partial charge in [0.15, 0.2) is 5.69 Å². The summed E-state index contributed by atoms with van der Waals surface area (Å²) >= 11 is 0. The van der Waals surface area contributed by atoms with Crippen LogP contribution in [0.1, 0.15) is 30.3 Å². The van der Waals surface area contributed by atoms with Gasteiger partial charge in [-0.25, -0.2) is 14.2 Å². The Morgan fingerprint density at radius 1 is 1.38 bits per heavy atom. The summed E-state index contributed by atoms with van der Waals surface area (Å²) in [6.07, 6.45) is 4.38. The van der Waals surface area contributed by atoms with E-state index in [1.807, 2.05) is 6.92 Å². The molecule has 2 rings (SSSR count). The van der Waals surface area contributed by atoms with Crippen LogP contribution in [0, 0.1) is 5.82 Å². The average molecular weight is 290 g/mol. The van der Waals surface area contributed by atoms with Gasteiger partial charge in [0.25, 0.3) is 0 Å². The molecule has 0 bridgehead atoms. The lowest BCUT2D eigenvalue weighted by Gasteiger charge is -2.11. The van der Waals surface area contributed by atoms with Crippen molar-refractivity contribution in [2.45, 2.75) is 19.8 Å². The van der Waals surface area contributed by atoms with Gasteiger partial charge in [0.2, 0.25) is 0 Å². The molecular formula is C15H15FN2O3. The van der Waals surface area contributed by atoms with Gasteiger partial charge in [0, 0.05) is 11.6 Å². The highest BCUT2D eigenvalue weighted by molar-refractivity contribution is 5.85. The number of carboxylic acid groups (broad SMARTS) is 1. The molecule has 0 aliphatic rings. The highest BCUT2D eigenvalue weighted by Crippen LogP contribution is 2.29. The van der Waals surface area contributed by atoms with Crippen molar-refractivity contribution in [2.75, 3.05) is 6.61 Å². The molecule has 0 fully saturated rings. The minimum atomic E-state index is -1.17. The van der Waals surface area contributed by atoms with Crippen LogP contribution >= 0.6 is 0 Å². The maximum atomic E-state index is 13.4. The summed E-state index contributed by atoms with van der Waals surface area (Å²) in [5.41, 5.74) is 0.681. The molecule has 0 aliphatic carbocycles. The predicted octanol–water partition coefficient (Wildman–Crippen LogP) is 3.16. The first-order chi connectivity index (χ1) is 10.1. The molecule has 0 radical (unpaired) electrons. The normalized spacial score (nSPS) is 10.4. The van der Waals surface area contributed by atoms with Crippen LogP contribution in [0.4, 0.5) is 4.39 Å². The fourth-order valence-electron chi connectivity index (χ4n) is 1.75. The molecular weight excluding hydrogens is 275 g/mol. The van der Waals surface area contributed by atoms with Crippen molar-refractivity contribution < 1.29 is 19.0 Å². The van der Waals surface area contributed by atoms with E-state index in [-0.39, 0.29) is 5.69 Å². The summed E-state index contributed by atoms with van der Waals surface area (Å²) in [7, 11) is 0. The predicted molar refractivity (Wildman–Crippen MR) is 74.8 cm³/mol. The van der Waals surface area contributed by atoms with Gasteiger partial charge in [-0.15, -0.1) is 0 Å². The molecule has 21 heavy (non-hydrogen) atoms. The summed E-state index contributed by atoms with van der Waals surface area (Å²) in [6.45, 7) is 2.48. The van der Waals surface area contributed by atoms with E-state index in [0.717, 1.165) is 19.0 Å². The molecule has 1 aromatic carbocycles. The largest absolute Gasteiger partial charge is 0.493 e. The number of carbonyl (C=O) groups is 1. The molecule has 0 saturated heterocycles. The number of aromatic carboxylic acids is 1. The lowest BCUT2D eigenvalue weighted by Crippen LogP contribution is -2.03. The first-order valence-electron chi connectivity index (χ1n) is 6.60. The molecule has 1 aromatic heterocycles. The molecule has 110 valence electrons.